The normalized spacial score (nSPS) is 22.6. The van der Waals surface area contributed by atoms with Crippen molar-refractivity contribution in [2.24, 2.45) is 4.99 Å². The Bertz CT molecular complexity index is 1090. The SMILES string of the molecule is COC(=O)C1=C(C)N=C2SCC(O)([NH+](c3ccccc3)C(C)C)N2C1c1ccc(OC)cc1.[Cl-]. The van der Waals surface area contributed by atoms with Crippen LogP contribution in [0.4, 0.5) is 5.69 Å². The number of quaternary nitrogens is 1. The first-order valence-electron chi connectivity index (χ1n) is 10.9. The number of allylic oxidation sites excluding steroid dienone is 1. The molecule has 2 heterocycles. The summed E-state index contributed by atoms with van der Waals surface area (Å²) in [4.78, 5) is 20.5. The smallest absolute Gasteiger partial charge is 0.338 e. The molecule has 0 saturated carbocycles. The number of para-hydroxylation sites is 1. The van der Waals surface area contributed by atoms with Gasteiger partial charge < -0.3 is 27.0 Å². The summed E-state index contributed by atoms with van der Waals surface area (Å²) in [7, 11) is 2.98. The monoisotopic (exact) mass is 503 g/mol. The van der Waals surface area contributed by atoms with Crippen molar-refractivity contribution in [1.29, 1.82) is 0 Å². The first-order chi connectivity index (χ1) is 15.8. The number of aliphatic hydroxyl groups is 1. The van der Waals surface area contributed by atoms with E-state index < -0.39 is 17.9 Å². The van der Waals surface area contributed by atoms with E-state index in [-0.39, 0.29) is 18.4 Å². The summed E-state index contributed by atoms with van der Waals surface area (Å²) in [6.07, 6.45) is 0. The fourth-order valence-electron chi connectivity index (χ4n) is 4.73. The number of fused-ring (bicyclic) bond motifs is 1. The van der Waals surface area contributed by atoms with E-state index in [0.29, 0.717) is 27.9 Å². The molecule has 2 aromatic carbocycles. The molecule has 2 aliphatic rings. The first-order valence-corrected chi connectivity index (χ1v) is 11.9. The van der Waals surface area contributed by atoms with Gasteiger partial charge in [-0.2, -0.15) is 0 Å². The zero-order chi connectivity index (χ0) is 23.8. The van der Waals surface area contributed by atoms with Gasteiger partial charge in [0.1, 0.15) is 17.2 Å². The van der Waals surface area contributed by atoms with Gasteiger partial charge in [-0.25, -0.2) is 9.79 Å². The van der Waals surface area contributed by atoms with Crippen LogP contribution < -0.4 is 22.0 Å². The number of thioether (sulfide) groups is 1. The second-order valence-electron chi connectivity index (χ2n) is 8.47. The molecular weight excluding hydrogens is 474 g/mol. The van der Waals surface area contributed by atoms with Crippen LogP contribution in [0, 0.1) is 0 Å². The second kappa shape index (κ2) is 10.4. The molecular formula is C25H30ClN3O4S. The van der Waals surface area contributed by atoms with Crippen molar-refractivity contribution < 1.29 is 36.7 Å². The minimum Gasteiger partial charge on any atom is -1.00 e. The number of halogens is 1. The molecule has 2 aromatic rings. The van der Waals surface area contributed by atoms with Gasteiger partial charge >= 0.3 is 5.97 Å². The van der Waals surface area contributed by atoms with Crippen LogP contribution in [0.2, 0.25) is 0 Å². The molecule has 4 rings (SSSR count). The van der Waals surface area contributed by atoms with E-state index in [1.165, 1.54) is 18.9 Å². The Balaban J connectivity index is 0.00000324. The molecule has 0 spiro atoms. The van der Waals surface area contributed by atoms with Gasteiger partial charge in [0.2, 0.25) is 0 Å². The zero-order valence-electron chi connectivity index (χ0n) is 19.9. The predicted octanol–water partition coefficient (Wildman–Crippen LogP) is -0.123. The van der Waals surface area contributed by atoms with Crippen molar-refractivity contribution in [3.8, 4) is 5.75 Å². The van der Waals surface area contributed by atoms with E-state index in [9.17, 15) is 9.90 Å². The third-order valence-electron chi connectivity index (χ3n) is 6.12. The number of ether oxygens (including phenoxy) is 2. The van der Waals surface area contributed by atoms with E-state index in [2.05, 4.69) is 13.8 Å². The van der Waals surface area contributed by atoms with Gasteiger partial charge in [0, 0.05) is 0 Å². The van der Waals surface area contributed by atoms with Crippen molar-refractivity contribution in [2.45, 2.75) is 38.7 Å². The summed E-state index contributed by atoms with van der Waals surface area (Å²) in [6.45, 7) is 5.97. The standard InChI is InChI=1S/C25H29N3O4S.ClH/c1-16(2)27(19-9-7-6-8-10-19)25(30)15-33-24-26-17(3)21(23(29)32-5)22(28(24)25)18-11-13-20(31-4)14-12-18;/h6-14,16,22,30H,15H2,1-5H3;1H. The number of amidine groups is 1. The molecule has 34 heavy (non-hydrogen) atoms. The number of carbonyl (C=O) groups is 1. The molecule has 3 unspecified atom stereocenters. The van der Waals surface area contributed by atoms with Gasteiger partial charge in [-0.05, 0) is 50.6 Å². The van der Waals surface area contributed by atoms with Crippen molar-refractivity contribution >= 4 is 28.6 Å². The molecule has 1 fully saturated rings. The highest BCUT2D eigenvalue weighted by molar-refractivity contribution is 8.14. The summed E-state index contributed by atoms with van der Waals surface area (Å²) in [5.41, 5.74) is 2.83. The van der Waals surface area contributed by atoms with E-state index in [0.717, 1.165) is 16.2 Å². The number of esters is 1. The van der Waals surface area contributed by atoms with Gasteiger partial charge in [-0.1, -0.05) is 42.1 Å². The molecule has 9 heteroatoms. The average molecular weight is 504 g/mol. The molecule has 0 aromatic heterocycles. The lowest BCUT2D eigenvalue weighted by Crippen LogP contribution is -3.21. The number of hydrogen-bond donors (Lipinski definition) is 2. The summed E-state index contributed by atoms with van der Waals surface area (Å²) in [6, 6.07) is 17.0. The number of benzene rings is 2. The quantitative estimate of drug-likeness (QED) is 0.423. The van der Waals surface area contributed by atoms with Crippen molar-refractivity contribution in [3.63, 3.8) is 0 Å². The Morgan fingerprint density at radius 2 is 1.82 bits per heavy atom. The molecule has 7 nitrogen and oxygen atoms in total. The van der Waals surface area contributed by atoms with Crippen molar-refractivity contribution in [1.82, 2.24) is 4.90 Å². The molecule has 3 atom stereocenters. The van der Waals surface area contributed by atoms with Gasteiger partial charge in [-0.3, -0.25) is 9.80 Å². The van der Waals surface area contributed by atoms with Crippen LogP contribution in [-0.2, 0) is 9.53 Å². The minimum absolute atomic E-state index is 0. The molecule has 0 amide bonds. The number of hydrogen-bond acceptors (Lipinski definition) is 7. The predicted molar refractivity (Wildman–Crippen MR) is 129 cm³/mol. The maximum absolute atomic E-state index is 13.0. The van der Waals surface area contributed by atoms with E-state index in [1.54, 1.807) is 7.11 Å². The van der Waals surface area contributed by atoms with Crippen LogP contribution in [0.5, 0.6) is 5.75 Å². The third kappa shape index (κ3) is 4.43. The molecule has 182 valence electrons. The van der Waals surface area contributed by atoms with E-state index >= 15 is 0 Å². The van der Waals surface area contributed by atoms with Gasteiger partial charge in [0.25, 0.3) is 5.85 Å². The Morgan fingerprint density at radius 3 is 2.38 bits per heavy atom. The minimum atomic E-state index is -1.34. The number of methoxy groups -OCH3 is 2. The summed E-state index contributed by atoms with van der Waals surface area (Å²) in [5, 5.41) is 13.0. The number of carbonyl (C=O) groups excluding carboxylic acids is 1. The van der Waals surface area contributed by atoms with Gasteiger partial charge in [0.15, 0.2) is 5.17 Å². The highest BCUT2D eigenvalue weighted by atomic mass is 35.5. The second-order valence-corrected chi connectivity index (χ2v) is 9.41. The molecule has 0 bridgehead atoms. The number of rotatable bonds is 6. The highest BCUT2D eigenvalue weighted by Gasteiger charge is 2.59. The Hall–Kier alpha value is -2.52. The lowest BCUT2D eigenvalue weighted by Gasteiger charge is -2.45. The van der Waals surface area contributed by atoms with Crippen LogP contribution in [-0.4, -0.2) is 53.0 Å². The van der Waals surface area contributed by atoms with Crippen LogP contribution in [0.25, 0.3) is 0 Å². The topological polar surface area (TPSA) is 75.8 Å². The fourth-order valence-corrected chi connectivity index (χ4v) is 5.95. The van der Waals surface area contributed by atoms with E-state index in [4.69, 9.17) is 14.5 Å². The summed E-state index contributed by atoms with van der Waals surface area (Å²) in [5.74, 6) is -0.679. The third-order valence-corrected chi connectivity index (χ3v) is 7.22. The zero-order valence-corrected chi connectivity index (χ0v) is 21.5. The van der Waals surface area contributed by atoms with Crippen LogP contribution in [0.1, 0.15) is 32.4 Å². The van der Waals surface area contributed by atoms with Crippen molar-refractivity contribution in [3.05, 3.63) is 71.4 Å². The molecule has 2 N–H and O–H groups in total. The number of nitrogens with one attached hydrogen (secondary N) is 1. The van der Waals surface area contributed by atoms with E-state index in [1.807, 2.05) is 66.4 Å². The Morgan fingerprint density at radius 1 is 1.18 bits per heavy atom. The molecule has 0 radical (unpaired) electrons. The van der Waals surface area contributed by atoms with Gasteiger partial charge in [0.05, 0.1) is 37.6 Å². The number of aliphatic imine (C=N–C) groups is 1. The Kier molecular flexibility index (Phi) is 7.98. The van der Waals surface area contributed by atoms with Crippen LogP contribution in [0.3, 0.4) is 0 Å². The largest absolute Gasteiger partial charge is 1.00 e. The lowest BCUT2D eigenvalue weighted by molar-refractivity contribution is -0.950. The maximum Gasteiger partial charge on any atom is 0.338 e. The maximum atomic E-state index is 13.0. The fraction of sp³-hybridized carbons (Fsp3) is 0.360. The van der Waals surface area contributed by atoms with Gasteiger partial charge in [-0.15, -0.1) is 0 Å². The summed E-state index contributed by atoms with van der Waals surface area (Å²) >= 11 is 1.50. The molecule has 0 aliphatic carbocycles. The van der Waals surface area contributed by atoms with Crippen LogP contribution in [0.15, 0.2) is 70.9 Å². The first kappa shape index (κ1) is 26.1. The Labute approximate surface area is 210 Å². The highest BCUT2D eigenvalue weighted by Crippen LogP contribution is 2.45. The number of nitrogens with zero attached hydrogens (tertiary/aromatic N) is 2. The molecule has 2 aliphatic heterocycles. The average Bonchev–Trinajstić information content (AvgIpc) is 3.14. The van der Waals surface area contributed by atoms with Crippen LogP contribution >= 0.6 is 11.8 Å². The lowest BCUT2D eigenvalue weighted by atomic mass is 9.93. The van der Waals surface area contributed by atoms with Crippen molar-refractivity contribution in [2.75, 3.05) is 20.0 Å². The summed E-state index contributed by atoms with van der Waals surface area (Å²) < 4.78 is 10.5. The molecule has 1 saturated heterocycles.